The molecule has 0 aliphatic carbocycles. The van der Waals surface area contributed by atoms with Crippen LogP contribution < -0.4 is 10.6 Å². The van der Waals surface area contributed by atoms with Crippen molar-refractivity contribution in [2.45, 2.75) is 50.9 Å². The van der Waals surface area contributed by atoms with Gasteiger partial charge < -0.3 is 39.9 Å². The number of likely N-dealkylation sites (tertiary alicyclic amines) is 1. The average molecular weight is 833 g/mol. The number of thiophene rings is 2. The van der Waals surface area contributed by atoms with Gasteiger partial charge in [0.2, 0.25) is 5.91 Å². The van der Waals surface area contributed by atoms with E-state index >= 15 is 0 Å². The Morgan fingerprint density at radius 2 is 1.42 bits per heavy atom. The summed E-state index contributed by atoms with van der Waals surface area (Å²) >= 11 is 3.40. The number of imidazole rings is 2. The molecule has 0 radical (unpaired) electrons. The first-order chi connectivity index (χ1) is 28.6. The molecule has 14 nitrogen and oxygen atoms in total. The number of aromatic nitrogens is 4. The van der Waals surface area contributed by atoms with Gasteiger partial charge in [-0.1, -0.05) is 80.6 Å². The summed E-state index contributed by atoms with van der Waals surface area (Å²) in [6, 6.07) is 19.7. The van der Waals surface area contributed by atoms with Gasteiger partial charge in [-0.2, -0.15) is 0 Å². The number of carbonyl (C=O) groups is 4. The van der Waals surface area contributed by atoms with E-state index in [1.54, 1.807) is 44.9 Å². The van der Waals surface area contributed by atoms with Gasteiger partial charge in [-0.25, -0.2) is 19.6 Å². The summed E-state index contributed by atoms with van der Waals surface area (Å²) in [4.78, 5) is 73.6. The van der Waals surface area contributed by atoms with Gasteiger partial charge in [-0.3, -0.25) is 9.59 Å². The van der Waals surface area contributed by atoms with Crippen LogP contribution in [0.1, 0.15) is 62.0 Å². The summed E-state index contributed by atoms with van der Waals surface area (Å²) in [5.74, 6) is 0.825. The highest BCUT2D eigenvalue weighted by Crippen LogP contribution is 2.42. The van der Waals surface area contributed by atoms with Crippen LogP contribution in [0.5, 0.6) is 0 Å². The van der Waals surface area contributed by atoms with Gasteiger partial charge in [-0.05, 0) is 47.6 Å². The fourth-order valence-corrected chi connectivity index (χ4v) is 10.0. The maximum Gasteiger partial charge on any atom is 0.407 e. The summed E-state index contributed by atoms with van der Waals surface area (Å²) in [5, 5.41) is 5.39. The lowest BCUT2D eigenvalue weighted by molar-refractivity contribution is -0.135. The minimum absolute atomic E-state index is 0.130. The molecule has 6 aromatic rings. The molecule has 1 fully saturated rings. The third-order valence-corrected chi connectivity index (χ3v) is 13.1. The monoisotopic (exact) mass is 832 g/mol. The van der Waals surface area contributed by atoms with E-state index in [-0.39, 0.29) is 29.8 Å². The number of carbonyl (C=O) groups excluding carboxylic acids is 4. The highest BCUT2D eigenvalue weighted by Gasteiger charge is 2.38. The van der Waals surface area contributed by atoms with Crippen LogP contribution in [-0.2, 0) is 19.1 Å². The van der Waals surface area contributed by atoms with Crippen LogP contribution in [0.3, 0.4) is 0 Å². The topological polar surface area (TPSA) is 175 Å². The van der Waals surface area contributed by atoms with Crippen LogP contribution in [0.25, 0.3) is 41.7 Å². The van der Waals surface area contributed by atoms with E-state index in [1.165, 1.54) is 14.2 Å². The lowest BCUT2D eigenvalue weighted by atomic mass is 10.0. The van der Waals surface area contributed by atoms with Gasteiger partial charge in [-0.15, -0.1) is 22.7 Å². The van der Waals surface area contributed by atoms with Crippen molar-refractivity contribution in [3.05, 3.63) is 108 Å². The highest BCUT2D eigenvalue weighted by atomic mass is 32.1. The maximum atomic E-state index is 13.9. The van der Waals surface area contributed by atoms with E-state index in [2.05, 4.69) is 62.0 Å². The molecular weight excluding hydrogens is 789 g/mol. The van der Waals surface area contributed by atoms with Crippen LogP contribution in [0, 0.1) is 5.92 Å². The molecule has 59 heavy (non-hydrogen) atoms. The number of benzene rings is 2. The van der Waals surface area contributed by atoms with Crippen molar-refractivity contribution < 1.29 is 28.7 Å². The molecule has 4 N–H and O–H groups in total. The van der Waals surface area contributed by atoms with Crippen LogP contribution in [0.15, 0.2) is 91.3 Å². The molecule has 2 aromatic carbocycles. The molecule has 4 atom stereocenters. The van der Waals surface area contributed by atoms with Crippen molar-refractivity contribution >= 4 is 56.1 Å². The van der Waals surface area contributed by atoms with E-state index in [0.29, 0.717) is 30.3 Å². The maximum absolute atomic E-state index is 13.9. The van der Waals surface area contributed by atoms with Crippen molar-refractivity contribution in [3.8, 4) is 32.3 Å². The summed E-state index contributed by atoms with van der Waals surface area (Å²) in [5.41, 5.74) is 4.49. The molecule has 0 saturated carbocycles. The molecule has 2 aliphatic heterocycles. The molecule has 0 spiro atoms. The number of H-pyrrole nitrogens is 2. The lowest BCUT2D eigenvalue weighted by Gasteiger charge is -2.29. The second-order valence-electron chi connectivity index (χ2n) is 14.8. The third-order valence-electron chi connectivity index (χ3n) is 10.7. The predicted molar refractivity (Wildman–Crippen MR) is 226 cm³/mol. The highest BCUT2D eigenvalue weighted by molar-refractivity contribution is 7.31. The van der Waals surface area contributed by atoms with Gasteiger partial charge in [0.05, 0.1) is 48.9 Å². The molecule has 6 heterocycles. The average Bonchev–Trinajstić information content (AvgIpc) is 4.10. The molecule has 304 valence electrons. The second-order valence-corrected chi connectivity index (χ2v) is 16.9. The number of methoxy groups -OCH3 is 2. The SMILES string of the molecule is COC(=O)N[C@H](C(=O)N1CC=C[C@H]1c1ncc(-c2cc3sc(-c4ccc(-c5cnc([C@@H]6CCCN6C(=O)[C@H](NC(=O)OC)c6ccccc6)[nH]5)cc4)cc3s2)[nH]1)C(C)C. The number of nitrogens with one attached hydrogen (secondary N) is 4. The van der Waals surface area contributed by atoms with E-state index in [9.17, 15) is 19.2 Å². The summed E-state index contributed by atoms with van der Waals surface area (Å²) in [7, 11) is 2.56. The first-order valence-corrected chi connectivity index (χ1v) is 21.0. The Kier molecular flexibility index (Phi) is 11.3. The fourth-order valence-electron chi connectivity index (χ4n) is 7.64. The Morgan fingerprint density at radius 1 is 0.780 bits per heavy atom. The molecule has 4 aromatic heterocycles. The molecular formula is C43H44N8O6S2. The number of hydrogen-bond donors (Lipinski definition) is 4. The number of nitrogens with zero attached hydrogens (tertiary/aromatic N) is 4. The van der Waals surface area contributed by atoms with Crippen LogP contribution in [0.4, 0.5) is 9.59 Å². The molecule has 16 heteroatoms. The van der Waals surface area contributed by atoms with E-state index in [4.69, 9.17) is 14.5 Å². The van der Waals surface area contributed by atoms with Crippen molar-refractivity contribution in [2.24, 2.45) is 5.92 Å². The van der Waals surface area contributed by atoms with Crippen molar-refractivity contribution in [2.75, 3.05) is 27.3 Å². The number of alkyl carbamates (subject to hydrolysis) is 2. The quantitative estimate of drug-likeness (QED) is 0.0951. The molecule has 0 bridgehead atoms. The minimum atomic E-state index is -0.879. The standard InChI is InChI=1S/C43H44N8O6S2/c1-24(2)36(48-42(54)56-3)40(52)50-18-8-13-31(50)39-45-23-29(47-39)33-21-35-34(59-33)20-32(58-35)26-16-14-25(15-17-26)28-22-44-38(46-28)30-12-9-19-51(30)41(53)37(49-43(55)57-4)27-10-6-5-7-11-27/h5-8,10-11,13-17,20-24,30-31,36-37H,9,12,18-19H2,1-4H3,(H,44,46)(H,45,47)(H,48,54)(H,49,55)/t30-,31-,36-,37+/m0/s1. The largest absolute Gasteiger partial charge is 0.453 e. The van der Waals surface area contributed by atoms with E-state index in [0.717, 1.165) is 54.5 Å². The Hall–Kier alpha value is -6.26. The first kappa shape index (κ1) is 39.6. The van der Waals surface area contributed by atoms with Crippen molar-refractivity contribution in [1.29, 1.82) is 0 Å². The van der Waals surface area contributed by atoms with E-state index in [1.807, 2.05) is 56.3 Å². The third kappa shape index (κ3) is 8.10. The fraction of sp³-hybridized carbons (Fsp3) is 0.302. The molecule has 8 rings (SSSR count). The van der Waals surface area contributed by atoms with Gasteiger partial charge >= 0.3 is 12.2 Å². The number of hydrogen-bond acceptors (Lipinski definition) is 10. The Bertz CT molecular complexity index is 2470. The van der Waals surface area contributed by atoms with Gasteiger partial charge in [0.25, 0.3) is 5.91 Å². The van der Waals surface area contributed by atoms with Crippen molar-refractivity contribution in [1.82, 2.24) is 40.4 Å². The molecule has 0 unspecified atom stereocenters. The Morgan fingerprint density at radius 3 is 2.15 bits per heavy atom. The van der Waals surface area contributed by atoms with Gasteiger partial charge in [0, 0.05) is 27.4 Å². The first-order valence-electron chi connectivity index (χ1n) is 19.4. The number of amides is 4. The molecule has 2 aliphatic rings. The van der Waals surface area contributed by atoms with Crippen molar-refractivity contribution in [3.63, 3.8) is 0 Å². The van der Waals surface area contributed by atoms with E-state index < -0.39 is 24.3 Å². The lowest BCUT2D eigenvalue weighted by Crippen LogP contribution is -2.51. The van der Waals surface area contributed by atoms with Crippen LogP contribution in [0.2, 0.25) is 0 Å². The molecule has 4 amide bonds. The normalized spacial score (nSPS) is 17.4. The zero-order chi connectivity index (χ0) is 41.2. The predicted octanol–water partition coefficient (Wildman–Crippen LogP) is 7.99. The zero-order valence-corrected chi connectivity index (χ0v) is 34.6. The van der Waals surface area contributed by atoms with Gasteiger partial charge in [0.15, 0.2) is 0 Å². The number of aromatic amines is 2. The van der Waals surface area contributed by atoms with Crippen LogP contribution >= 0.6 is 22.7 Å². The molecule has 1 saturated heterocycles. The second kappa shape index (κ2) is 16.9. The zero-order valence-electron chi connectivity index (χ0n) is 32.9. The summed E-state index contributed by atoms with van der Waals surface area (Å²) in [6.45, 7) is 4.75. The smallest absolute Gasteiger partial charge is 0.407 e. The minimum Gasteiger partial charge on any atom is -0.453 e. The number of rotatable bonds is 11. The number of ether oxygens (including phenoxy) is 2. The number of fused-ring (bicyclic) bond motifs is 1. The summed E-state index contributed by atoms with van der Waals surface area (Å²) in [6.07, 6.45) is 7.76. The Labute approximate surface area is 348 Å². The summed E-state index contributed by atoms with van der Waals surface area (Å²) < 4.78 is 11.9. The van der Waals surface area contributed by atoms with Crippen LogP contribution in [-0.4, -0.2) is 87.1 Å². The Balaban J connectivity index is 0.937. The van der Waals surface area contributed by atoms with Gasteiger partial charge in [0.1, 0.15) is 29.8 Å².